The van der Waals surface area contributed by atoms with Crippen LogP contribution < -0.4 is 0 Å². The number of carbonyl (C=O) groups excluding carboxylic acids is 2. The average molecular weight is 144 g/mol. The van der Waals surface area contributed by atoms with Crippen LogP contribution >= 0.6 is 0 Å². The molecule has 0 aliphatic heterocycles. The van der Waals surface area contributed by atoms with Crippen molar-refractivity contribution < 1.29 is 24.7 Å². The second kappa shape index (κ2) is 15.7. The van der Waals surface area contributed by atoms with Crippen LogP contribution in [0, 0.1) is 0 Å². The second-order valence-corrected chi connectivity index (χ2v) is 0.619. The van der Waals surface area contributed by atoms with E-state index >= 15 is 0 Å². The van der Waals surface area contributed by atoms with Crippen molar-refractivity contribution in [3.8, 4) is 0 Å². The average Bonchev–Trinajstić information content (AvgIpc) is 1.65. The van der Waals surface area contributed by atoms with E-state index in [1.54, 1.807) is 0 Å². The molecule has 0 saturated heterocycles. The van der Waals surface area contributed by atoms with Crippen molar-refractivity contribution >= 4 is 49.5 Å². The molecule has 0 aromatic heterocycles. The number of rotatable bonds is 1. The predicted octanol–water partition coefficient (Wildman–Crippen LogP) is -3.32. The molecule has 0 fully saturated rings. The zero-order valence-electron chi connectivity index (χ0n) is 3.89. The first kappa shape index (κ1) is 16.1. The summed E-state index contributed by atoms with van der Waals surface area (Å²) in [6.45, 7) is 0. The van der Waals surface area contributed by atoms with E-state index in [9.17, 15) is 0 Å². The summed E-state index contributed by atoms with van der Waals surface area (Å²) in [7, 11) is -2.17. The first-order valence-electron chi connectivity index (χ1n) is 1.58. The molecule has 0 aromatic rings. The molecule has 48 valence electrons. The summed E-state index contributed by atoms with van der Waals surface area (Å²) >= 11 is 0. The Morgan fingerprint density at radius 1 is 1.00 bits per heavy atom. The Morgan fingerprint density at radius 2 is 1.11 bits per heavy atom. The van der Waals surface area contributed by atoms with E-state index in [2.05, 4.69) is 0 Å². The summed E-state index contributed by atoms with van der Waals surface area (Å²) in [6.07, 6.45) is 0.389. The van der Waals surface area contributed by atoms with Gasteiger partial charge in [-0.2, -0.15) is 0 Å². The molecule has 0 bridgehead atoms. The molecule has 5 nitrogen and oxygen atoms in total. The van der Waals surface area contributed by atoms with Gasteiger partial charge >= 0.3 is 36.9 Å². The fourth-order valence-electron chi connectivity index (χ4n) is 0. The number of hydrogen-bond donors (Lipinski definition) is 3. The van der Waals surface area contributed by atoms with Gasteiger partial charge in [0.25, 0.3) is 0 Å². The third kappa shape index (κ3) is 198. The molecule has 0 rings (SSSR count). The van der Waals surface area contributed by atoms with Crippen LogP contribution in [-0.2, 0) is 9.59 Å². The van der Waals surface area contributed by atoms with Crippen molar-refractivity contribution in [1.82, 2.24) is 0 Å². The normalized spacial score (nSPS) is 5.22. The van der Waals surface area contributed by atoms with Gasteiger partial charge in [-0.1, -0.05) is 0 Å². The maximum absolute atomic E-state index is 8.81. The Labute approximate surface area is 74.2 Å². The molecule has 0 spiro atoms. The quantitative estimate of drug-likeness (QED) is 0.203. The van der Waals surface area contributed by atoms with Gasteiger partial charge in [0, 0.05) is 0 Å². The molecule has 0 amide bonds. The van der Waals surface area contributed by atoms with Crippen molar-refractivity contribution in [2.24, 2.45) is 0 Å². The van der Waals surface area contributed by atoms with Crippen LogP contribution in [0.15, 0.2) is 0 Å². The molecule has 0 heterocycles. The zero-order valence-corrected chi connectivity index (χ0v) is 3.89. The Morgan fingerprint density at radius 3 is 1.11 bits per heavy atom. The summed E-state index contributed by atoms with van der Waals surface area (Å²) in [6, 6.07) is 0. The second-order valence-electron chi connectivity index (χ2n) is 0.619. The molecule has 9 heavy (non-hydrogen) atoms. The summed E-state index contributed by atoms with van der Waals surface area (Å²) < 4.78 is 0. The van der Waals surface area contributed by atoms with Crippen molar-refractivity contribution in [1.29, 1.82) is 0 Å². The number of carbonyl (C=O) groups is 2. The van der Waals surface area contributed by atoms with E-state index in [0.29, 0.717) is 0 Å². The summed E-state index contributed by atoms with van der Waals surface area (Å²) in [5, 5.41) is 21.5. The summed E-state index contributed by atoms with van der Waals surface area (Å²) in [5.74, 6) is 0. The topological polar surface area (TPSA) is 94.8 Å². The molecule has 0 aliphatic rings. The van der Waals surface area contributed by atoms with E-state index in [1.165, 1.54) is 0 Å². The number of hydrogen-bond acceptors (Lipinski definition) is 5. The van der Waals surface area contributed by atoms with Crippen LogP contribution in [0.2, 0.25) is 0 Å². The first-order valence-corrected chi connectivity index (χ1v) is 1.58. The van der Waals surface area contributed by atoms with Crippen LogP contribution in [0.5, 0.6) is 0 Å². The monoisotopic (exact) mass is 144 g/mol. The Bertz CT molecular complexity index is 57.2. The van der Waals surface area contributed by atoms with Crippen molar-refractivity contribution in [2.75, 3.05) is 0 Å². The Kier molecular flexibility index (Phi) is 28.2. The van der Waals surface area contributed by atoms with Gasteiger partial charge in [-0.25, -0.2) is 0 Å². The van der Waals surface area contributed by atoms with Gasteiger partial charge in [0.15, 0.2) is 12.6 Å². The third-order valence-electron chi connectivity index (χ3n) is 0.0556. The maximum atomic E-state index is 8.81. The molecule has 0 unspecified atom stereocenters. The SMILES string of the molecule is O=CC=O.OB(O)O.[NaH]. The van der Waals surface area contributed by atoms with Crippen LogP contribution in [0.25, 0.3) is 0 Å². The Hall–Kier alpha value is 0.285. The van der Waals surface area contributed by atoms with Crippen LogP contribution in [0.3, 0.4) is 0 Å². The van der Waals surface area contributed by atoms with Crippen molar-refractivity contribution in [3.63, 3.8) is 0 Å². The van der Waals surface area contributed by atoms with E-state index in [-0.39, 0.29) is 42.1 Å². The molecule has 0 atom stereocenters. The minimum absolute atomic E-state index is 0. The predicted molar refractivity (Wildman–Crippen MR) is 31.7 cm³/mol. The fourth-order valence-corrected chi connectivity index (χ4v) is 0. The molecule has 7 heteroatoms. The van der Waals surface area contributed by atoms with Gasteiger partial charge < -0.3 is 15.1 Å². The molecule has 0 saturated carbocycles. The van der Waals surface area contributed by atoms with Gasteiger partial charge in [-0.3, -0.25) is 9.59 Å². The van der Waals surface area contributed by atoms with Crippen molar-refractivity contribution in [3.05, 3.63) is 0 Å². The minimum atomic E-state index is -2.17. The van der Waals surface area contributed by atoms with E-state index < -0.39 is 7.32 Å². The van der Waals surface area contributed by atoms with Gasteiger partial charge in [-0.05, 0) is 0 Å². The molecule has 3 N–H and O–H groups in total. The van der Waals surface area contributed by atoms with Gasteiger partial charge in [0.1, 0.15) is 0 Å². The van der Waals surface area contributed by atoms with E-state index in [1.807, 2.05) is 0 Å². The first-order chi connectivity index (χ1) is 3.65. The molecular weight excluding hydrogens is 138 g/mol. The summed E-state index contributed by atoms with van der Waals surface area (Å²) in [5.41, 5.74) is 0. The van der Waals surface area contributed by atoms with Crippen molar-refractivity contribution in [2.45, 2.75) is 0 Å². The molecular formula is C2H6BNaO5. The van der Waals surface area contributed by atoms with Gasteiger partial charge in [0.2, 0.25) is 0 Å². The fraction of sp³-hybridized carbons (Fsp3) is 0. The standard InChI is InChI=1S/C2H2O2.BH3O3.Na.H/c3-1-2-4;2-1(3)4;;/h1-2H;2-4H;;. The van der Waals surface area contributed by atoms with E-state index in [4.69, 9.17) is 24.7 Å². The van der Waals surface area contributed by atoms with Crippen LogP contribution in [0.1, 0.15) is 0 Å². The molecule has 0 aromatic carbocycles. The van der Waals surface area contributed by atoms with E-state index in [0.717, 1.165) is 0 Å². The third-order valence-corrected chi connectivity index (χ3v) is 0.0556. The molecule has 0 aliphatic carbocycles. The van der Waals surface area contributed by atoms with Gasteiger partial charge in [0.05, 0.1) is 0 Å². The number of aldehydes is 2. The molecule has 0 radical (unpaired) electrons. The summed E-state index contributed by atoms with van der Waals surface area (Å²) in [4.78, 5) is 17.6. The van der Waals surface area contributed by atoms with Gasteiger partial charge in [-0.15, -0.1) is 0 Å². The van der Waals surface area contributed by atoms with Crippen LogP contribution in [0.4, 0.5) is 0 Å². The Balaban J connectivity index is -0.0000000720. The zero-order chi connectivity index (χ0) is 6.99. The van der Waals surface area contributed by atoms with Crippen LogP contribution in [-0.4, -0.2) is 64.5 Å².